The molecule has 0 aromatic rings. The highest BCUT2D eigenvalue weighted by atomic mass is 32.2. The van der Waals surface area contributed by atoms with Crippen LogP contribution in [0.3, 0.4) is 0 Å². The van der Waals surface area contributed by atoms with Crippen molar-refractivity contribution in [3.8, 4) is 0 Å². The van der Waals surface area contributed by atoms with Crippen LogP contribution in [-0.4, -0.2) is 33.9 Å². The molecule has 0 saturated heterocycles. The van der Waals surface area contributed by atoms with Crippen molar-refractivity contribution < 1.29 is 19.8 Å². The van der Waals surface area contributed by atoms with E-state index in [2.05, 4.69) is 0 Å². The summed E-state index contributed by atoms with van der Waals surface area (Å²) in [7, 11) is 0. The summed E-state index contributed by atoms with van der Waals surface area (Å²) in [6.45, 7) is 0. The smallest absolute Gasteiger partial charge is 0.321 e. The second kappa shape index (κ2) is 4.97. The lowest BCUT2D eigenvalue weighted by Crippen LogP contribution is -2.32. The predicted molar refractivity (Wildman–Crippen MR) is 40.0 cm³/mol. The fraction of sp³-hybridized carbons (Fsp3) is 0.400. The number of hydrogen-bond acceptors (Lipinski definition) is 4. The van der Waals surface area contributed by atoms with Gasteiger partial charge >= 0.3 is 11.9 Å². The Bertz CT molecular complexity index is 161. The molecular formula is C5H8NO4S. The molecule has 0 rings (SSSR count). The highest BCUT2D eigenvalue weighted by Crippen LogP contribution is 2.05. The SMILES string of the molecule is N[C@@H](CS[13CH][13C](=O)O)[13C](=O)O. The monoisotopic (exact) mass is 181 g/mol. The van der Waals surface area contributed by atoms with E-state index in [0.717, 1.165) is 17.5 Å². The van der Waals surface area contributed by atoms with Crippen LogP contribution in [0.15, 0.2) is 0 Å². The number of rotatable bonds is 5. The number of carbonyl (C=O) groups is 2. The standard InChI is InChI=1S/C5H8NO4S/c6-3(5(9)10)1-11-2-4(7)8/h2-3H,1,6H2,(H,7,8)(H,9,10)/t3-/m0/s1/i2+1,4+1,5+1. The topological polar surface area (TPSA) is 101 Å². The van der Waals surface area contributed by atoms with Crippen LogP contribution in [0.1, 0.15) is 0 Å². The maximum Gasteiger partial charge on any atom is 0.321 e. The minimum atomic E-state index is -1.13. The van der Waals surface area contributed by atoms with Gasteiger partial charge in [0.25, 0.3) is 0 Å². The molecule has 0 amide bonds. The zero-order chi connectivity index (χ0) is 8.85. The molecule has 0 bridgehead atoms. The minimum Gasteiger partial charge on any atom is -0.480 e. The van der Waals surface area contributed by atoms with Gasteiger partial charge in [-0.15, -0.1) is 11.8 Å². The second-order valence-corrected chi connectivity index (χ2v) is 2.64. The van der Waals surface area contributed by atoms with Gasteiger partial charge in [-0.3, -0.25) is 9.59 Å². The van der Waals surface area contributed by atoms with Crippen LogP contribution in [0.4, 0.5) is 0 Å². The molecule has 0 aliphatic carbocycles. The lowest BCUT2D eigenvalue weighted by molar-refractivity contribution is -0.138. The molecule has 1 atom stereocenters. The van der Waals surface area contributed by atoms with Gasteiger partial charge in [0.15, 0.2) is 0 Å². The fourth-order valence-corrected chi connectivity index (χ4v) is 0.883. The number of carboxylic acid groups (broad SMARTS) is 2. The Morgan fingerprint density at radius 3 is 2.45 bits per heavy atom. The van der Waals surface area contributed by atoms with Gasteiger partial charge in [-0.05, 0) is 0 Å². The summed E-state index contributed by atoms with van der Waals surface area (Å²) in [6.07, 6.45) is 0. The van der Waals surface area contributed by atoms with Gasteiger partial charge in [0.1, 0.15) is 11.8 Å². The summed E-state index contributed by atoms with van der Waals surface area (Å²) in [5.74, 6) is -1.24. The molecule has 1 radical (unpaired) electrons. The molecule has 63 valence electrons. The molecule has 4 N–H and O–H groups in total. The molecule has 5 nitrogen and oxygen atoms in total. The van der Waals surface area contributed by atoms with Crippen molar-refractivity contribution in [2.45, 2.75) is 6.04 Å². The largest absolute Gasteiger partial charge is 0.480 e. The molecule has 0 heterocycles. The summed E-state index contributed by atoms with van der Waals surface area (Å²) in [5, 5.41) is 16.3. The summed E-state index contributed by atoms with van der Waals surface area (Å²) < 4.78 is 0. The fourth-order valence-electron chi connectivity index (χ4n) is 0.294. The highest BCUT2D eigenvalue weighted by molar-refractivity contribution is 8.02. The number of carboxylic acids is 2. The number of aliphatic carboxylic acids is 2. The average Bonchev–Trinajstić information content (AvgIpc) is 1.86. The zero-order valence-electron chi connectivity index (χ0n) is 5.56. The van der Waals surface area contributed by atoms with E-state index < -0.39 is 18.0 Å². The van der Waals surface area contributed by atoms with Gasteiger partial charge in [0.2, 0.25) is 0 Å². The van der Waals surface area contributed by atoms with Gasteiger partial charge in [-0.2, -0.15) is 0 Å². The summed E-state index contributed by atoms with van der Waals surface area (Å²) in [6, 6.07) is -1.00. The van der Waals surface area contributed by atoms with Crippen LogP contribution in [0.2, 0.25) is 0 Å². The number of nitrogens with two attached hydrogens (primary N) is 1. The van der Waals surface area contributed by atoms with Crippen LogP contribution in [0.25, 0.3) is 0 Å². The predicted octanol–water partition coefficient (Wildman–Crippen LogP) is -0.622. The first-order chi connectivity index (χ1) is 5.04. The van der Waals surface area contributed by atoms with Crippen molar-refractivity contribution in [3.05, 3.63) is 5.75 Å². The maximum absolute atomic E-state index is 10.1. The lowest BCUT2D eigenvalue weighted by Gasteiger charge is -2.02. The summed E-state index contributed by atoms with van der Waals surface area (Å²) >= 11 is 0.867. The summed E-state index contributed by atoms with van der Waals surface area (Å²) in [4.78, 5) is 20.0. The van der Waals surface area contributed by atoms with Crippen molar-refractivity contribution >= 4 is 23.7 Å². The van der Waals surface area contributed by atoms with E-state index in [9.17, 15) is 9.59 Å². The van der Waals surface area contributed by atoms with E-state index in [1.165, 1.54) is 0 Å². The first-order valence-corrected chi connectivity index (χ1v) is 3.75. The van der Waals surface area contributed by atoms with E-state index in [1.807, 2.05) is 0 Å². The third-order valence-electron chi connectivity index (χ3n) is 0.777. The van der Waals surface area contributed by atoms with Crippen molar-refractivity contribution in [1.29, 1.82) is 0 Å². The Balaban J connectivity index is 3.39. The number of thioether (sulfide) groups is 1. The van der Waals surface area contributed by atoms with Crippen LogP contribution in [0.5, 0.6) is 0 Å². The first kappa shape index (κ1) is 10.2. The zero-order valence-corrected chi connectivity index (χ0v) is 6.37. The Morgan fingerprint density at radius 2 is 2.09 bits per heavy atom. The molecule has 0 unspecified atom stereocenters. The molecule has 0 spiro atoms. The molecule has 11 heavy (non-hydrogen) atoms. The van der Waals surface area contributed by atoms with E-state index >= 15 is 0 Å². The highest BCUT2D eigenvalue weighted by Gasteiger charge is 2.11. The molecule has 6 heteroatoms. The van der Waals surface area contributed by atoms with Gasteiger partial charge in [0.05, 0.1) is 0 Å². The normalized spacial score (nSPS) is 12.5. The third-order valence-corrected chi connectivity index (χ3v) is 1.70. The Hall–Kier alpha value is -0.750. The van der Waals surface area contributed by atoms with Gasteiger partial charge in [-0.1, -0.05) is 0 Å². The minimum absolute atomic E-state index is 0.0711. The van der Waals surface area contributed by atoms with Crippen LogP contribution in [-0.2, 0) is 9.59 Å². The van der Waals surface area contributed by atoms with Crippen molar-refractivity contribution in [2.24, 2.45) is 5.73 Å². The molecule has 0 aliphatic heterocycles. The van der Waals surface area contributed by atoms with E-state index in [-0.39, 0.29) is 5.75 Å². The van der Waals surface area contributed by atoms with Gasteiger partial charge in [-0.25, -0.2) is 0 Å². The van der Waals surface area contributed by atoms with Crippen LogP contribution < -0.4 is 5.73 Å². The molecule has 0 aliphatic rings. The molecule has 0 aromatic carbocycles. The first-order valence-electron chi connectivity index (χ1n) is 2.70. The van der Waals surface area contributed by atoms with Crippen molar-refractivity contribution in [3.63, 3.8) is 0 Å². The Labute approximate surface area is 67.6 Å². The summed E-state index contributed by atoms with van der Waals surface area (Å²) in [5.41, 5.74) is 5.07. The molecule has 0 saturated carbocycles. The molecule has 0 fully saturated rings. The van der Waals surface area contributed by atoms with Gasteiger partial charge in [0, 0.05) is 5.75 Å². The molecular weight excluding hydrogens is 173 g/mol. The van der Waals surface area contributed by atoms with Crippen LogP contribution in [0, 0.1) is 5.75 Å². The van der Waals surface area contributed by atoms with Crippen molar-refractivity contribution in [2.75, 3.05) is 5.75 Å². The Morgan fingerprint density at radius 1 is 1.55 bits per heavy atom. The molecule has 0 aromatic heterocycles. The van der Waals surface area contributed by atoms with E-state index in [1.54, 1.807) is 0 Å². The van der Waals surface area contributed by atoms with Crippen LogP contribution >= 0.6 is 11.8 Å². The van der Waals surface area contributed by atoms with E-state index in [4.69, 9.17) is 15.9 Å². The number of hydrogen-bond donors (Lipinski definition) is 3. The average molecular weight is 181 g/mol. The second-order valence-electron chi connectivity index (χ2n) is 1.73. The van der Waals surface area contributed by atoms with Gasteiger partial charge < -0.3 is 15.9 Å². The Kier molecular flexibility index (Phi) is 4.64. The maximum atomic E-state index is 10.1. The lowest BCUT2D eigenvalue weighted by atomic mass is 10.6. The van der Waals surface area contributed by atoms with Crippen molar-refractivity contribution in [1.82, 2.24) is 0 Å². The quantitative estimate of drug-likeness (QED) is 0.488. The third kappa shape index (κ3) is 5.68. The van der Waals surface area contributed by atoms with E-state index in [0.29, 0.717) is 0 Å².